The predicted octanol–water partition coefficient (Wildman–Crippen LogP) is 2.14. The minimum Gasteiger partial charge on any atom is -0.233 e. The Morgan fingerprint density at radius 1 is 1.40 bits per heavy atom. The Bertz CT molecular complexity index is 274. The van der Waals surface area contributed by atoms with E-state index in [1.807, 2.05) is 24.3 Å². The molecule has 0 amide bonds. The first-order valence-corrected chi connectivity index (χ1v) is 3.88. The highest BCUT2D eigenvalue weighted by atomic mass is 127. The summed E-state index contributed by atoms with van der Waals surface area (Å²) in [6.45, 7) is 0. The van der Waals surface area contributed by atoms with Gasteiger partial charge in [0, 0.05) is 9.65 Å². The molecule has 0 fully saturated rings. The van der Waals surface area contributed by atoms with Gasteiger partial charge in [-0.3, -0.25) is 0 Å². The number of halogens is 1. The van der Waals surface area contributed by atoms with Crippen molar-refractivity contribution in [2.75, 3.05) is 0 Å². The van der Waals surface area contributed by atoms with E-state index >= 15 is 0 Å². The number of carbonyl (C=O) groups excluding carboxylic acids is 1. The van der Waals surface area contributed by atoms with Crippen LogP contribution in [-0.2, 0) is 4.79 Å². The highest BCUT2D eigenvalue weighted by molar-refractivity contribution is 14.1. The van der Waals surface area contributed by atoms with Crippen molar-refractivity contribution in [3.63, 3.8) is 0 Å². The summed E-state index contributed by atoms with van der Waals surface area (Å²) in [4.78, 5) is 9.94. The van der Waals surface area contributed by atoms with Crippen molar-refractivity contribution < 1.29 is 4.79 Å². The number of hydrogen-bond acceptors (Lipinski definition) is 1. The Balaban J connectivity index is 3.14. The van der Waals surface area contributed by atoms with E-state index < -0.39 is 0 Å². The molecule has 1 aromatic rings. The molecule has 1 aromatic carbocycles. The second kappa shape index (κ2) is 3.54. The van der Waals surface area contributed by atoms with Crippen molar-refractivity contribution in [2.24, 2.45) is 0 Å². The summed E-state index contributed by atoms with van der Waals surface area (Å²) >= 11 is 2.17. The normalized spacial score (nSPS) is 8.50. The Morgan fingerprint density at radius 2 is 2.10 bits per heavy atom. The molecule has 0 heterocycles. The number of rotatable bonds is 1. The fourth-order valence-corrected chi connectivity index (χ4v) is 1.20. The molecule has 0 N–H and O–H groups in total. The highest BCUT2D eigenvalue weighted by Crippen LogP contribution is 2.11. The summed E-state index contributed by atoms with van der Waals surface area (Å²) in [5.74, 6) is 1.75. The van der Waals surface area contributed by atoms with Gasteiger partial charge < -0.3 is 0 Å². The molecular formula is C8H5IO. The summed E-state index contributed by atoms with van der Waals surface area (Å²) < 4.78 is 1.07. The SMILES string of the molecule is O=C=Cc1ccccc1I. The van der Waals surface area contributed by atoms with Crippen LogP contribution in [0.4, 0.5) is 0 Å². The fraction of sp³-hybridized carbons (Fsp3) is 0. The van der Waals surface area contributed by atoms with Gasteiger partial charge in [0.1, 0.15) is 5.94 Å². The number of hydrogen-bond donors (Lipinski definition) is 0. The van der Waals surface area contributed by atoms with Crippen LogP contribution in [0.2, 0.25) is 0 Å². The summed E-state index contributed by atoms with van der Waals surface area (Å²) in [7, 11) is 0. The van der Waals surface area contributed by atoms with E-state index in [0.717, 1.165) is 9.13 Å². The molecule has 0 aliphatic heterocycles. The van der Waals surface area contributed by atoms with Crippen molar-refractivity contribution in [1.82, 2.24) is 0 Å². The first-order chi connectivity index (χ1) is 4.84. The zero-order chi connectivity index (χ0) is 7.40. The largest absolute Gasteiger partial charge is 0.233 e. The molecular weight excluding hydrogens is 239 g/mol. The molecule has 1 nitrogen and oxygen atoms in total. The molecule has 0 bridgehead atoms. The molecule has 0 saturated heterocycles. The van der Waals surface area contributed by atoms with Crippen LogP contribution in [-0.4, -0.2) is 5.94 Å². The maximum atomic E-state index is 9.94. The van der Waals surface area contributed by atoms with Gasteiger partial charge in [-0.1, -0.05) is 18.2 Å². The monoisotopic (exact) mass is 244 g/mol. The smallest absolute Gasteiger partial charge is 0.125 e. The van der Waals surface area contributed by atoms with Gasteiger partial charge in [-0.25, -0.2) is 4.79 Å². The minimum atomic E-state index is 0.929. The first-order valence-electron chi connectivity index (χ1n) is 2.80. The maximum absolute atomic E-state index is 9.94. The molecule has 0 saturated carbocycles. The lowest BCUT2D eigenvalue weighted by molar-refractivity contribution is 0.570. The van der Waals surface area contributed by atoms with E-state index in [9.17, 15) is 4.79 Å². The quantitative estimate of drug-likeness (QED) is 0.546. The van der Waals surface area contributed by atoms with E-state index in [1.165, 1.54) is 6.08 Å². The Morgan fingerprint density at radius 3 is 2.70 bits per heavy atom. The fourth-order valence-electron chi connectivity index (χ4n) is 0.656. The van der Waals surface area contributed by atoms with E-state index in [-0.39, 0.29) is 0 Å². The van der Waals surface area contributed by atoms with Crippen LogP contribution in [0.25, 0.3) is 6.08 Å². The van der Waals surface area contributed by atoms with Gasteiger partial charge in [-0.05, 0) is 34.2 Å². The lowest BCUT2D eigenvalue weighted by atomic mass is 10.2. The minimum absolute atomic E-state index is 0.929. The maximum Gasteiger partial charge on any atom is 0.125 e. The standard InChI is InChI=1S/C8H5IO/c9-8-4-2-1-3-7(8)5-6-10/h1-5H. The molecule has 0 aliphatic carbocycles. The van der Waals surface area contributed by atoms with Gasteiger partial charge in [0.05, 0.1) is 0 Å². The third-order valence-corrected chi connectivity index (χ3v) is 2.10. The Kier molecular flexibility index (Phi) is 2.66. The van der Waals surface area contributed by atoms with Gasteiger partial charge in [0.15, 0.2) is 0 Å². The molecule has 0 unspecified atom stereocenters. The third kappa shape index (κ3) is 1.69. The van der Waals surface area contributed by atoms with E-state index in [2.05, 4.69) is 22.6 Å². The molecule has 0 radical (unpaired) electrons. The van der Waals surface area contributed by atoms with Gasteiger partial charge >= 0.3 is 0 Å². The Labute approximate surface area is 72.9 Å². The molecule has 0 aliphatic rings. The van der Waals surface area contributed by atoms with E-state index in [1.54, 1.807) is 5.94 Å². The third-order valence-electron chi connectivity index (χ3n) is 1.12. The zero-order valence-electron chi connectivity index (χ0n) is 5.17. The number of benzene rings is 1. The lowest BCUT2D eigenvalue weighted by Crippen LogP contribution is -1.76. The van der Waals surface area contributed by atoms with Crippen LogP contribution in [0.15, 0.2) is 24.3 Å². The average molecular weight is 244 g/mol. The molecule has 0 aromatic heterocycles. The summed E-state index contributed by atoms with van der Waals surface area (Å²) in [5, 5.41) is 0. The van der Waals surface area contributed by atoms with Crippen LogP contribution in [0, 0.1) is 3.57 Å². The topological polar surface area (TPSA) is 17.1 Å². The summed E-state index contributed by atoms with van der Waals surface area (Å²) in [5.41, 5.74) is 0.929. The second-order valence-corrected chi connectivity index (χ2v) is 2.95. The molecule has 2 heteroatoms. The van der Waals surface area contributed by atoms with Crippen LogP contribution < -0.4 is 0 Å². The van der Waals surface area contributed by atoms with E-state index in [0.29, 0.717) is 0 Å². The van der Waals surface area contributed by atoms with Gasteiger partial charge in [-0.15, -0.1) is 0 Å². The molecule has 1 rings (SSSR count). The van der Waals surface area contributed by atoms with Crippen molar-refractivity contribution in [3.05, 3.63) is 33.4 Å². The zero-order valence-corrected chi connectivity index (χ0v) is 7.33. The van der Waals surface area contributed by atoms with Crippen LogP contribution >= 0.6 is 22.6 Å². The second-order valence-electron chi connectivity index (χ2n) is 1.78. The van der Waals surface area contributed by atoms with E-state index in [4.69, 9.17) is 0 Å². The molecule has 0 atom stereocenters. The summed E-state index contributed by atoms with van der Waals surface area (Å²) in [6, 6.07) is 7.66. The average Bonchev–Trinajstić information content (AvgIpc) is 1.94. The van der Waals surface area contributed by atoms with Crippen LogP contribution in [0.5, 0.6) is 0 Å². The molecule has 10 heavy (non-hydrogen) atoms. The molecule has 50 valence electrons. The van der Waals surface area contributed by atoms with Crippen molar-refractivity contribution in [2.45, 2.75) is 0 Å². The van der Waals surface area contributed by atoms with Crippen molar-refractivity contribution >= 4 is 34.6 Å². The molecule has 0 spiro atoms. The van der Waals surface area contributed by atoms with Crippen molar-refractivity contribution in [3.8, 4) is 0 Å². The van der Waals surface area contributed by atoms with Gasteiger partial charge in [-0.2, -0.15) is 0 Å². The first kappa shape index (κ1) is 7.51. The van der Waals surface area contributed by atoms with Crippen LogP contribution in [0.1, 0.15) is 5.56 Å². The van der Waals surface area contributed by atoms with Crippen LogP contribution in [0.3, 0.4) is 0 Å². The van der Waals surface area contributed by atoms with Crippen molar-refractivity contribution in [1.29, 1.82) is 0 Å². The van der Waals surface area contributed by atoms with Gasteiger partial charge in [0.25, 0.3) is 0 Å². The highest BCUT2D eigenvalue weighted by Gasteiger charge is 1.90. The lowest BCUT2D eigenvalue weighted by Gasteiger charge is -1.92. The Hall–Kier alpha value is -0.600. The van der Waals surface area contributed by atoms with Gasteiger partial charge in [0.2, 0.25) is 0 Å². The summed E-state index contributed by atoms with van der Waals surface area (Å²) in [6.07, 6.45) is 1.43. The predicted molar refractivity (Wildman–Crippen MR) is 49.3 cm³/mol.